The molecule has 0 bridgehead atoms. The molecule has 1 atom stereocenters. The summed E-state index contributed by atoms with van der Waals surface area (Å²) in [4.78, 5) is 23.9. The van der Waals surface area contributed by atoms with Gasteiger partial charge in [-0.25, -0.2) is 4.79 Å². The second kappa shape index (κ2) is 5.93. The standard InChI is InChI=1S/C20H15NO8/c1-6-7-3-2-4-9(22)12(7)16(25)14-11(6)18(29-20(14)28)8-5-10(23)13(19(21)27)17(26)15(8)24/h2-5,18,22-26H,1H3,(H2,21,27)/t18-/m0/s1. The first-order valence-corrected chi connectivity index (χ1v) is 8.40. The highest BCUT2D eigenvalue weighted by atomic mass is 16.6. The highest BCUT2D eigenvalue weighted by Gasteiger charge is 2.40. The van der Waals surface area contributed by atoms with Crippen LogP contribution in [0, 0.1) is 6.92 Å². The van der Waals surface area contributed by atoms with Crippen molar-refractivity contribution < 1.29 is 39.9 Å². The van der Waals surface area contributed by atoms with Crippen LogP contribution in [0.4, 0.5) is 0 Å². The normalized spacial score (nSPS) is 15.3. The van der Waals surface area contributed by atoms with Crippen LogP contribution < -0.4 is 5.73 Å². The Hall–Kier alpha value is -4.14. The summed E-state index contributed by atoms with van der Waals surface area (Å²) in [5.41, 5.74) is 4.65. The van der Waals surface area contributed by atoms with Gasteiger partial charge < -0.3 is 36.0 Å². The van der Waals surface area contributed by atoms with Gasteiger partial charge in [-0.3, -0.25) is 4.79 Å². The van der Waals surface area contributed by atoms with E-state index in [0.29, 0.717) is 10.9 Å². The highest BCUT2D eigenvalue weighted by molar-refractivity contribution is 6.08. The van der Waals surface area contributed by atoms with E-state index >= 15 is 0 Å². The Bertz CT molecular complexity index is 1250. The maximum absolute atomic E-state index is 12.5. The molecule has 29 heavy (non-hydrogen) atoms. The maximum Gasteiger partial charge on any atom is 0.343 e. The number of primary amides is 1. The van der Waals surface area contributed by atoms with E-state index in [-0.39, 0.29) is 27.8 Å². The topological polar surface area (TPSA) is 171 Å². The van der Waals surface area contributed by atoms with Gasteiger partial charge in [0.05, 0.1) is 5.39 Å². The molecule has 1 amide bonds. The first-order chi connectivity index (χ1) is 13.6. The Morgan fingerprint density at radius 3 is 2.38 bits per heavy atom. The predicted molar refractivity (Wildman–Crippen MR) is 99.2 cm³/mol. The molecule has 0 aliphatic carbocycles. The third-order valence-corrected chi connectivity index (χ3v) is 5.10. The van der Waals surface area contributed by atoms with Gasteiger partial charge in [0.2, 0.25) is 0 Å². The van der Waals surface area contributed by atoms with Crippen LogP contribution in [-0.4, -0.2) is 37.4 Å². The minimum absolute atomic E-state index is 0.0698. The number of hydrogen-bond donors (Lipinski definition) is 6. The molecule has 0 fully saturated rings. The van der Waals surface area contributed by atoms with E-state index in [2.05, 4.69) is 0 Å². The first kappa shape index (κ1) is 18.2. The molecular weight excluding hydrogens is 382 g/mol. The molecule has 3 aromatic rings. The van der Waals surface area contributed by atoms with Gasteiger partial charge in [-0.2, -0.15) is 0 Å². The van der Waals surface area contributed by atoms with Gasteiger partial charge in [0.15, 0.2) is 17.6 Å². The van der Waals surface area contributed by atoms with Crippen LogP contribution in [0.3, 0.4) is 0 Å². The fourth-order valence-corrected chi connectivity index (χ4v) is 3.77. The number of ether oxygens (including phenoxy) is 1. The molecule has 148 valence electrons. The van der Waals surface area contributed by atoms with Gasteiger partial charge in [-0.15, -0.1) is 0 Å². The van der Waals surface area contributed by atoms with Gasteiger partial charge >= 0.3 is 5.97 Å². The van der Waals surface area contributed by atoms with Gasteiger partial charge in [0.25, 0.3) is 5.91 Å². The molecule has 0 radical (unpaired) electrons. The molecule has 0 spiro atoms. The fourth-order valence-electron chi connectivity index (χ4n) is 3.77. The molecule has 0 unspecified atom stereocenters. The van der Waals surface area contributed by atoms with Crippen LogP contribution in [0.1, 0.15) is 43.5 Å². The summed E-state index contributed by atoms with van der Waals surface area (Å²) in [5, 5.41) is 51.8. The Morgan fingerprint density at radius 1 is 1.03 bits per heavy atom. The number of phenolic OH excluding ortho intramolecular Hbond substituents is 3. The number of rotatable bonds is 2. The number of carbonyl (C=O) groups excluding carboxylic acids is 2. The van der Waals surface area contributed by atoms with Gasteiger partial charge in [0, 0.05) is 11.1 Å². The molecular formula is C20H15NO8. The smallest absolute Gasteiger partial charge is 0.343 e. The van der Waals surface area contributed by atoms with Crippen LogP contribution in [0.25, 0.3) is 10.8 Å². The Morgan fingerprint density at radius 2 is 1.72 bits per heavy atom. The minimum atomic E-state index is -1.30. The van der Waals surface area contributed by atoms with Crippen molar-refractivity contribution in [1.82, 2.24) is 0 Å². The van der Waals surface area contributed by atoms with Crippen molar-refractivity contribution in [1.29, 1.82) is 0 Å². The van der Waals surface area contributed by atoms with Crippen molar-refractivity contribution >= 4 is 22.6 Å². The van der Waals surface area contributed by atoms with Crippen molar-refractivity contribution in [3.63, 3.8) is 0 Å². The molecule has 0 aromatic heterocycles. The number of fused-ring (bicyclic) bond motifs is 2. The van der Waals surface area contributed by atoms with Crippen molar-refractivity contribution in [2.24, 2.45) is 5.73 Å². The number of benzene rings is 3. The zero-order valence-corrected chi connectivity index (χ0v) is 14.9. The number of aryl methyl sites for hydroxylation is 1. The molecule has 1 aliphatic rings. The molecule has 0 saturated heterocycles. The highest BCUT2D eigenvalue weighted by Crippen LogP contribution is 2.51. The van der Waals surface area contributed by atoms with Crippen molar-refractivity contribution in [2.45, 2.75) is 13.0 Å². The van der Waals surface area contributed by atoms with Gasteiger partial charge in [-0.05, 0) is 30.0 Å². The lowest BCUT2D eigenvalue weighted by atomic mass is 9.88. The summed E-state index contributed by atoms with van der Waals surface area (Å²) in [7, 11) is 0. The number of nitrogens with two attached hydrogens (primary N) is 1. The van der Waals surface area contributed by atoms with E-state index in [0.717, 1.165) is 6.07 Å². The van der Waals surface area contributed by atoms with E-state index in [1.165, 1.54) is 6.07 Å². The van der Waals surface area contributed by atoms with Crippen LogP contribution in [0.15, 0.2) is 24.3 Å². The Balaban J connectivity index is 2.05. The molecule has 9 heteroatoms. The summed E-state index contributed by atoms with van der Waals surface area (Å²) in [6, 6.07) is 5.48. The molecule has 1 aliphatic heterocycles. The SMILES string of the molecule is Cc1c2c(c(O)c3c(O)cccc13)C(=O)O[C@H]2c1cc(O)c(C(N)=O)c(O)c1O. The maximum atomic E-state index is 12.5. The summed E-state index contributed by atoms with van der Waals surface area (Å²) in [6.07, 6.45) is -1.30. The Labute approximate surface area is 162 Å². The molecule has 0 saturated carbocycles. The summed E-state index contributed by atoms with van der Waals surface area (Å²) < 4.78 is 5.30. The molecule has 7 N–H and O–H groups in total. The lowest BCUT2D eigenvalue weighted by Crippen LogP contribution is -2.12. The second-order valence-electron chi connectivity index (χ2n) is 6.67. The summed E-state index contributed by atoms with van der Waals surface area (Å²) in [5.74, 6) is -5.30. The van der Waals surface area contributed by atoms with Crippen LogP contribution in [0.5, 0.6) is 28.7 Å². The Kier molecular flexibility index (Phi) is 3.73. The number of hydrogen-bond acceptors (Lipinski definition) is 8. The average molecular weight is 397 g/mol. The van der Waals surface area contributed by atoms with E-state index in [9.17, 15) is 35.1 Å². The predicted octanol–water partition coefficient (Wildman–Crippen LogP) is 2.03. The fraction of sp³-hybridized carbons (Fsp3) is 0.100. The van der Waals surface area contributed by atoms with Crippen molar-refractivity contribution in [2.75, 3.05) is 0 Å². The number of aromatic hydroxyl groups is 5. The second-order valence-corrected chi connectivity index (χ2v) is 6.67. The van der Waals surface area contributed by atoms with Crippen LogP contribution in [0.2, 0.25) is 0 Å². The zero-order chi connectivity index (χ0) is 21.2. The van der Waals surface area contributed by atoms with Gasteiger partial charge in [-0.1, -0.05) is 12.1 Å². The van der Waals surface area contributed by atoms with E-state index in [4.69, 9.17) is 10.5 Å². The van der Waals surface area contributed by atoms with Crippen molar-refractivity contribution in [3.05, 3.63) is 52.1 Å². The van der Waals surface area contributed by atoms with E-state index in [1.54, 1.807) is 19.1 Å². The largest absolute Gasteiger partial charge is 0.507 e. The van der Waals surface area contributed by atoms with E-state index < -0.39 is 46.5 Å². The molecule has 1 heterocycles. The number of esters is 1. The van der Waals surface area contributed by atoms with E-state index in [1.807, 2.05) is 0 Å². The molecule has 9 nitrogen and oxygen atoms in total. The number of cyclic esters (lactones) is 1. The monoisotopic (exact) mass is 397 g/mol. The lowest BCUT2D eigenvalue weighted by molar-refractivity contribution is 0.0449. The summed E-state index contributed by atoms with van der Waals surface area (Å²) in [6.45, 7) is 1.63. The number of carbonyl (C=O) groups is 2. The zero-order valence-electron chi connectivity index (χ0n) is 14.9. The van der Waals surface area contributed by atoms with Crippen LogP contribution in [-0.2, 0) is 4.74 Å². The first-order valence-electron chi connectivity index (χ1n) is 8.40. The lowest BCUT2D eigenvalue weighted by Gasteiger charge is -2.18. The minimum Gasteiger partial charge on any atom is -0.507 e. The average Bonchev–Trinajstić information content (AvgIpc) is 3.00. The third kappa shape index (κ3) is 2.34. The van der Waals surface area contributed by atoms with Crippen LogP contribution >= 0.6 is 0 Å². The number of amides is 1. The number of phenols is 5. The van der Waals surface area contributed by atoms with Gasteiger partial charge in [0.1, 0.15) is 28.4 Å². The quantitative estimate of drug-likeness (QED) is 0.217. The molecule has 4 rings (SSSR count). The van der Waals surface area contributed by atoms with Crippen molar-refractivity contribution in [3.8, 4) is 28.7 Å². The molecule has 3 aromatic carbocycles. The summed E-state index contributed by atoms with van der Waals surface area (Å²) >= 11 is 0. The third-order valence-electron chi connectivity index (χ3n) is 5.10.